The zero-order valence-corrected chi connectivity index (χ0v) is 17.8. The molecule has 0 spiro atoms. The Morgan fingerprint density at radius 1 is 1.06 bits per heavy atom. The Hall–Kier alpha value is -3.68. The topological polar surface area (TPSA) is 61.4 Å². The van der Waals surface area contributed by atoms with E-state index in [2.05, 4.69) is 20.1 Å². The molecule has 5 rings (SSSR count). The molecule has 8 heteroatoms. The van der Waals surface area contributed by atoms with E-state index in [4.69, 9.17) is 0 Å². The molecule has 0 bridgehead atoms. The summed E-state index contributed by atoms with van der Waals surface area (Å²) in [5, 5.41) is 4.55. The van der Waals surface area contributed by atoms with Gasteiger partial charge in [0.1, 0.15) is 17.5 Å². The van der Waals surface area contributed by atoms with E-state index >= 15 is 0 Å². The van der Waals surface area contributed by atoms with E-state index < -0.39 is 11.6 Å². The Labute approximate surface area is 184 Å². The van der Waals surface area contributed by atoms with E-state index in [-0.39, 0.29) is 5.92 Å². The molecule has 0 fully saturated rings. The van der Waals surface area contributed by atoms with Crippen LogP contribution in [0.2, 0.25) is 0 Å². The van der Waals surface area contributed by atoms with Crippen LogP contribution in [0.5, 0.6) is 0 Å². The minimum Gasteiger partial charge on any atom is -0.304 e. The number of hydrogen-bond donors (Lipinski definition) is 0. The molecule has 4 aromatic rings. The standard InChI is InChI=1S/C24H22F2N6/c1-15-13-31(14-27-15)22-9-6-18(28-16(22)2)7-10-23-29-24-19(4-3-11-32(24)30-23)20-12-17(25)5-8-21(20)26/h5-10,12-14,19H,3-4,11H2,1-2H3/b10-7+/t19-/m0/s1. The summed E-state index contributed by atoms with van der Waals surface area (Å²) >= 11 is 0. The van der Waals surface area contributed by atoms with Crippen molar-refractivity contribution in [2.75, 3.05) is 0 Å². The van der Waals surface area contributed by atoms with Crippen molar-refractivity contribution in [3.63, 3.8) is 0 Å². The smallest absolute Gasteiger partial charge is 0.174 e. The Balaban J connectivity index is 1.41. The maximum absolute atomic E-state index is 14.4. The van der Waals surface area contributed by atoms with Gasteiger partial charge in [0.15, 0.2) is 5.82 Å². The summed E-state index contributed by atoms with van der Waals surface area (Å²) in [7, 11) is 0. The van der Waals surface area contributed by atoms with Crippen molar-refractivity contribution in [1.29, 1.82) is 0 Å². The highest BCUT2D eigenvalue weighted by molar-refractivity contribution is 5.65. The number of pyridine rings is 1. The number of aromatic nitrogens is 6. The quantitative estimate of drug-likeness (QED) is 0.463. The number of aryl methyl sites for hydroxylation is 3. The van der Waals surface area contributed by atoms with Gasteiger partial charge in [-0.1, -0.05) is 0 Å². The summed E-state index contributed by atoms with van der Waals surface area (Å²) in [6.07, 6.45) is 8.92. The van der Waals surface area contributed by atoms with Crippen molar-refractivity contribution in [3.8, 4) is 5.69 Å². The van der Waals surface area contributed by atoms with Gasteiger partial charge in [-0.15, -0.1) is 0 Å². The molecule has 162 valence electrons. The fourth-order valence-electron chi connectivity index (χ4n) is 4.17. The second kappa shape index (κ2) is 8.11. The van der Waals surface area contributed by atoms with Gasteiger partial charge in [0.05, 0.1) is 29.1 Å². The Bertz CT molecular complexity index is 1320. The van der Waals surface area contributed by atoms with E-state index in [1.54, 1.807) is 17.1 Å². The molecule has 32 heavy (non-hydrogen) atoms. The van der Waals surface area contributed by atoms with Crippen molar-refractivity contribution in [2.45, 2.75) is 39.2 Å². The van der Waals surface area contributed by atoms with Crippen molar-refractivity contribution in [2.24, 2.45) is 0 Å². The highest BCUT2D eigenvalue weighted by atomic mass is 19.1. The molecule has 3 aromatic heterocycles. The third-order valence-corrected chi connectivity index (χ3v) is 5.70. The zero-order valence-electron chi connectivity index (χ0n) is 17.8. The van der Waals surface area contributed by atoms with Crippen LogP contribution in [0.4, 0.5) is 8.78 Å². The Morgan fingerprint density at radius 3 is 2.72 bits per heavy atom. The lowest BCUT2D eigenvalue weighted by Gasteiger charge is -2.22. The number of hydrogen-bond acceptors (Lipinski definition) is 4. The van der Waals surface area contributed by atoms with Gasteiger partial charge in [-0.25, -0.2) is 23.4 Å². The van der Waals surface area contributed by atoms with Crippen LogP contribution in [0, 0.1) is 25.5 Å². The summed E-state index contributed by atoms with van der Waals surface area (Å²) in [6, 6.07) is 7.49. The largest absolute Gasteiger partial charge is 0.304 e. The van der Waals surface area contributed by atoms with Crippen LogP contribution >= 0.6 is 0 Å². The maximum Gasteiger partial charge on any atom is 0.174 e. The molecule has 0 N–H and O–H groups in total. The molecule has 4 heterocycles. The van der Waals surface area contributed by atoms with Gasteiger partial charge >= 0.3 is 0 Å². The Kier molecular flexibility index (Phi) is 5.13. The van der Waals surface area contributed by atoms with Crippen molar-refractivity contribution >= 4 is 12.2 Å². The first-order chi connectivity index (χ1) is 15.5. The van der Waals surface area contributed by atoms with Crippen LogP contribution in [0.25, 0.3) is 17.8 Å². The average molecular weight is 432 g/mol. The SMILES string of the molecule is Cc1cn(-c2ccc(/C=C/c3nc4n(n3)CCC[C@H]4c3cc(F)ccc3F)nc2C)cn1. The lowest BCUT2D eigenvalue weighted by molar-refractivity contribution is 0.434. The molecule has 1 aliphatic rings. The first-order valence-electron chi connectivity index (χ1n) is 10.5. The minimum absolute atomic E-state index is 0.313. The van der Waals surface area contributed by atoms with Crippen LogP contribution in [0.1, 0.15) is 53.1 Å². The molecule has 0 unspecified atom stereocenters. The van der Waals surface area contributed by atoms with E-state index in [0.717, 1.165) is 35.3 Å². The van der Waals surface area contributed by atoms with Gasteiger partial charge in [0, 0.05) is 24.2 Å². The number of imidazole rings is 1. The number of rotatable bonds is 4. The summed E-state index contributed by atoms with van der Waals surface area (Å²) in [5.74, 6) is 0.00641. The van der Waals surface area contributed by atoms with Crippen LogP contribution < -0.4 is 0 Å². The molecule has 1 atom stereocenters. The van der Waals surface area contributed by atoms with Gasteiger partial charge in [0.2, 0.25) is 0 Å². The molecule has 0 amide bonds. The molecule has 0 saturated heterocycles. The van der Waals surface area contributed by atoms with Crippen LogP contribution in [0.15, 0.2) is 42.9 Å². The lowest BCUT2D eigenvalue weighted by Crippen LogP contribution is -2.19. The van der Waals surface area contributed by atoms with Gasteiger partial charge < -0.3 is 4.57 Å². The molecule has 6 nitrogen and oxygen atoms in total. The zero-order chi connectivity index (χ0) is 22.2. The molecule has 1 aliphatic heterocycles. The molecule has 0 saturated carbocycles. The number of nitrogens with zero attached hydrogens (tertiary/aromatic N) is 6. The van der Waals surface area contributed by atoms with Gasteiger partial charge in [-0.2, -0.15) is 5.10 Å². The first kappa shape index (κ1) is 20.2. The predicted molar refractivity (Wildman–Crippen MR) is 117 cm³/mol. The van der Waals surface area contributed by atoms with Crippen LogP contribution in [-0.2, 0) is 6.54 Å². The molecular weight excluding hydrogens is 410 g/mol. The van der Waals surface area contributed by atoms with Crippen LogP contribution in [0.3, 0.4) is 0 Å². The number of fused-ring (bicyclic) bond motifs is 1. The highest BCUT2D eigenvalue weighted by Gasteiger charge is 2.27. The summed E-state index contributed by atoms with van der Waals surface area (Å²) in [4.78, 5) is 13.5. The van der Waals surface area contributed by atoms with E-state index in [1.807, 2.05) is 42.8 Å². The summed E-state index contributed by atoms with van der Waals surface area (Å²) in [6.45, 7) is 4.61. The highest BCUT2D eigenvalue weighted by Crippen LogP contribution is 2.34. The van der Waals surface area contributed by atoms with E-state index in [9.17, 15) is 8.78 Å². The van der Waals surface area contributed by atoms with Crippen molar-refractivity contribution in [1.82, 2.24) is 29.3 Å². The molecule has 0 radical (unpaired) electrons. The fourth-order valence-corrected chi connectivity index (χ4v) is 4.17. The Morgan fingerprint density at radius 2 is 1.94 bits per heavy atom. The van der Waals surface area contributed by atoms with Gasteiger partial charge in [-0.05, 0) is 69.2 Å². The monoisotopic (exact) mass is 432 g/mol. The normalized spacial score (nSPS) is 15.9. The number of halogens is 2. The minimum atomic E-state index is -0.450. The molecule has 0 aliphatic carbocycles. The van der Waals surface area contributed by atoms with Crippen LogP contribution in [-0.4, -0.2) is 29.3 Å². The van der Waals surface area contributed by atoms with E-state index in [0.29, 0.717) is 30.2 Å². The van der Waals surface area contributed by atoms with Crippen molar-refractivity contribution in [3.05, 3.63) is 88.8 Å². The third kappa shape index (κ3) is 3.84. The summed E-state index contributed by atoms with van der Waals surface area (Å²) < 4.78 is 31.8. The van der Waals surface area contributed by atoms with E-state index in [1.165, 1.54) is 12.1 Å². The maximum atomic E-state index is 14.4. The van der Waals surface area contributed by atoms with Gasteiger partial charge in [0.25, 0.3) is 0 Å². The average Bonchev–Trinajstić information content (AvgIpc) is 3.39. The van der Waals surface area contributed by atoms with Crippen molar-refractivity contribution < 1.29 is 8.78 Å². The molecule has 1 aromatic carbocycles. The second-order valence-corrected chi connectivity index (χ2v) is 8.01. The first-order valence-corrected chi connectivity index (χ1v) is 10.5. The second-order valence-electron chi connectivity index (χ2n) is 8.01. The number of benzene rings is 1. The lowest BCUT2D eigenvalue weighted by atomic mass is 9.91. The third-order valence-electron chi connectivity index (χ3n) is 5.70. The van der Waals surface area contributed by atoms with Gasteiger partial charge in [-0.3, -0.25) is 4.98 Å². The fraction of sp³-hybridized carbons (Fsp3) is 0.250. The predicted octanol–water partition coefficient (Wildman–Crippen LogP) is 4.85. The summed E-state index contributed by atoms with van der Waals surface area (Å²) in [5.41, 5.74) is 3.90. The molecular formula is C24H22F2N6.